The molecule has 3 heteroatoms. The molecule has 0 atom stereocenters. The Morgan fingerprint density at radius 1 is 0.387 bits per heavy atom. The monoisotopic (exact) mass is 466 g/mol. The lowest BCUT2D eigenvalue weighted by molar-refractivity contribution is 0.165. The van der Waals surface area contributed by atoms with E-state index in [2.05, 4.69) is 0 Å². The summed E-state index contributed by atoms with van der Waals surface area (Å²) in [6.45, 7) is 2.19. The molecule has 0 unspecified atom stereocenters. The zero-order valence-electron chi connectivity index (χ0n) is 20.6. The first kappa shape index (κ1) is 24.9. The third-order valence-electron chi connectivity index (χ3n) is 9.16. The number of rotatable bonds is 10. The summed E-state index contributed by atoms with van der Waals surface area (Å²) in [5.74, 6) is 0. The van der Waals surface area contributed by atoms with E-state index < -0.39 is 0 Å². The standard InChI is InChI=1S/C28H52OP2/c1-5-13-25(14-6-1)30(26-15-7-2-8-16-26)23-21-29-22-24-31(27-17-9-3-10-18-27)28-19-11-4-12-20-28/h25-28H,1-24H2. The highest BCUT2D eigenvalue weighted by molar-refractivity contribution is 7.59. The van der Waals surface area contributed by atoms with Crippen LogP contribution in [0.15, 0.2) is 0 Å². The molecule has 4 aliphatic carbocycles. The lowest BCUT2D eigenvalue weighted by Crippen LogP contribution is -2.24. The highest BCUT2D eigenvalue weighted by Gasteiger charge is 2.32. The molecule has 0 bridgehead atoms. The van der Waals surface area contributed by atoms with E-state index in [1.807, 2.05) is 0 Å². The van der Waals surface area contributed by atoms with E-state index in [-0.39, 0.29) is 15.8 Å². The van der Waals surface area contributed by atoms with Gasteiger partial charge in [0.2, 0.25) is 0 Å². The highest BCUT2D eigenvalue weighted by atomic mass is 31.1. The minimum atomic E-state index is 0.227. The summed E-state index contributed by atoms with van der Waals surface area (Å²) < 4.78 is 6.49. The van der Waals surface area contributed by atoms with Crippen molar-refractivity contribution in [3.8, 4) is 0 Å². The maximum Gasteiger partial charge on any atom is 0.0505 e. The first-order valence-electron chi connectivity index (χ1n) is 14.5. The molecule has 0 aliphatic heterocycles. The summed E-state index contributed by atoms with van der Waals surface area (Å²) in [4.78, 5) is 0. The number of hydrogen-bond acceptors (Lipinski definition) is 1. The zero-order valence-corrected chi connectivity index (χ0v) is 22.4. The van der Waals surface area contributed by atoms with Crippen LogP contribution < -0.4 is 0 Å². The molecule has 4 aliphatic rings. The summed E-state index contributed by atoms with van der Waals surface area (Å²) in [7, 11) is 0.454. The molecule has 0 saturated heterocycles. The molecule has 180 valence electrons. The minimum Gasteiger partial charge on any atom is -0.381 e. The molecule has 4 rings (SSSR count). The molecule has 1 nitrogen and oxygen atoms in total. The van der Waals surface area contributed by atoms with Gasteiger partial charge in [0, 0.05) is 0 Å². The molecule has 0 radical (unpaired) electrons. The molecule has 0 amide bonds. The van der Waals surface area contributed by atoms with Crippen LogP contribution in [0.1, 0.15) is 128 Å². The van der Waals surface area contributed by atoms with Crippen LogP contribution >= 0.6 is 15.8 Å². The van der Waals surface area contributed by atoms with Gasteiger partial charge in [-0.3, -0.25) is 0 Å². The van der Waals surface area contributed by atoms with Crippen molar-refractivity contribution >= 4 is 15.8 Å². The summed E-state index contributed by atoms with van der Waals surface area (Å²) in [6.07, 6.45) is 33.5. The van der Waals surface area contributed by atoms with Gasteiger partial charge in [-0.15, -0.1) is 0 Å². The highest BCUT2D eigenvalue weighted by Crippen LogP contribution is 2.56. The summed E-state index contributed by atoms with van der Waals surface area (Å²) in [5.41, 5.74) is 4.38. The average Bonchev–Trinajstić information content (AvgIpc) is 2.86. The van der Waals surface area contributed by atoms with Crippen molar-refractivity contribution in [2.45, 2.75) is 151 Å². The van der Waals surface area contributed by atoms with Crippen LogP contribution in [0.3, 0.4) is 0 Å². The predicted octanol–water partition coefficient (Wildman–Crippen LogP) is 9.30. The smallest absolute Gasteiger partial charge is 0.0505 e. The van der Waals surface area contributed by atoms with Crippen LogP contribution in [0.5, 0.6) is 0 Å². The quantitative estimate of drug-likeness (QED) is 0.230. The second kappa shape index (κ2) is 14.3. The van der Waals surface area contributed by atoms with Gasteiger partial charge in [0.25, 0.3) is 0 Å². The van der Waals surface area contributed by atoms with E-state index in [4.69, 9.17) is 4.74 Å². The van der Waals surface area contributed by atoms with E-state index in [9.17, 15) is 0 Å². The molecule has 0 aromatic rings. The van der Waals surface area contributed by atoms with Crippen LogP contribution in [0, 0.1) is 0 Å². The Morgan fingerprint density at radius 3 is 0.903 bits per heavy atom. The number of hydrogen-bond donors (Lipinski definition) is 0. The molecule has 0 N–H and O–H groups in total. The fourth-order valence-electron chi connectivity index (χ4n) is 7.42. The second-order valence-corrected chi connectivity index (χ2v) is 17.1. The van der Waals surface area contributed by atoms with Crippen LogP contribution in [0.4, 0.5) is 0 Å². The van der Waals surface area contributed by atoms with Gasteiger partial charge in [-0.05, 0) is 86.3 Å². The van der Waals surface area contributed by atoms with Gasteiger partial charge in [-0.2, -0.15) is 0 Å². The van der Waals surface area contributed by atoms with Gasteiger partial charge in [0.1, 0.15) is 0 Å². The van der Waals surface area contributed by atoms with Crippen molar-refractivity contribution in [1.29, 1.82) is 0 Å². The number of ether oxygens (including phenoxy) is 1. The third-order valence-corrected chi connectivity index (χ3v) is 16.4. The average molecular weight is 467 g/mol. The SMILES string of the molecule is C1CCC(P(CCOCCP(C2CCCCC2)C2CCCCC2)C2CCCCC2)CC1. The van der Waals surface area contributed by atoms with E-state index in [0.29, 0.717) is 0 Å². The Morgan fingerprint density at radius 2 is 0.645 bits per heavy atom. The second-order valence-electron chi connectivity index (χ2n) is 11.3. The maximum absolute atomic E-state index is 6.49. The van der Waals surface area contributed by atoms with Gasteiger partial charge in [0.05, 0.1) is 13.2 Å². The van der Waals surface area contributed by atoms with E-state index in [1.165, 1.54) is 89.4 Å². The van der Waals surface area contributed by atoms with Crippen LogP contribution in [0.2, 0.25) is 0 Å². The molecular formula is C28H52OP2. The van der Waals surface area contributed by atoms with E-state index in [1.54, 1.807) is 51.4 Å². The molecule has 0 spiro atoms. The molecule has 4 saturated carbocycles. The summed E-state index contributed by atoms with van der Waals surface area (Å²) >= 11 is 0. The van der Waals surface area contributed by atoms with Crippen molar-refractivity contribution in [1.82, 2.24) is 0 Å². The van der Waals surface area contributed by atoms with Gasteiger partial charge in [-0.25, -0.2) is 0 Å². The summed E-state index contributed by atoms with van der Waals surface area (Å²) in [6, 6.07) is 0. The topological polar surface area (TPSA) is 9.23 Å². The van der Waals surface area contributed by atoms with Gasteiger partial charge in [-0.1, -0.05) is 92.9 Å². The van der Waals surface area contributed by atoms with Crippen LogP contribution in [-0.4, -0.2) is 48.2 Å². The molecular weight excluding hydrogens is 414 g/mol. The van der Waals surface area contributed by atoms with Crippen molar-refractivity contribution in [2.75, 3.05) is 25.5 Å². The van der Waals surface area contributed by atoms with Crippen molar-refractivity contribution < 1.29 is 4.74 Å². The zero-order chi connectivity index (χ0) is 21.1. The van der Waals surface area contributed by atoms with Gasteiger partial charge < -0.3 is 4.74 Å². The molecule has 31 heavy (non-hydrogen) atoms. The lowest BCUT2D eigenvalue weighted by atomic mass is 9.99. The maximum atomic E-state index is 6.49. The normalized spacial score (nSPS) is 26.1. The van der Waals surface area contributed by atoms with Crippen molar-refractivity contribution in [2.24, 2.45) is 0 Å². The van der Waals surface area contributed by atoms with Gasteiger partial charge in [0.15, 0.2) is 0 Å². The molecule has 4 fully saturated rings. The van der Waals surface area contributed by atoms with E-state index >= 15 is 0 Å². The Kier molecular flexibility index (Phi) is 11.5. The fourth-order valence-corrected chi connectivity index (χ4v) is 14.9. The predicted molar refractivity (Wildman–Crippen MR) is 142 cm³/mol. The Labute approximate surface area is 197 Å². The minimum absolute atomic E-state index is 0.227. The third kappa shape index (κ3) is 7.93. The van der Waals surface area contributed by atoms with Gasteiger partial charge >= 0.3 is 0 Å². The molecule has 0 aromatic carbocycles. The Hall–Kier alpha value is 0.820. The van der Waals surface area contributed by atoms with Crippen LogP contribution in [-0.2, 0) is 4.74 Å². The Balaban J connectivity index is 1.23. The van der Waals surface area contributed by atoms with Crippen molar-refractivity contribution in [3.05, 3.63) is 0 Å². The molecule has 0 heterocycles. The fraction of sp³-hybridized carbons (Fsp3) is 1.00. The summed E-state index contributed by atoms with van der Waals surface area (Å²) in [5, 5.41) is 0. The van der Waals surface area contributed by atoms with E-state index in [0.717, 1.165) is 35.8 Å². The first-order valence-corrected chi connectivity index (χ1v) is 17.8. The largest absolute Gasteiger partial charge is 0.381 e. The van der Waals surface area contributed by atoms with Crippen LogP contribution in [0.25, 0.3) is 0 Å². The van der Waals surface area contributed by atoms with Crippen molar-refractivity contribution in [3.63, 3.8) is 0 Å². The first-order chi connectivity index (χ1) is 15.4. The molecule has 0 aromatic heterocycles. The Bertz CT molecular complexity index is 382. The lowest BCUT2D eigenvalue weighted by Gasteiger charge is -2.39.